The predicted molar refractivity (Wildman–Crippen MR) is 64.0 cm³/mol. The second kappa shape index (κ2) is 7.20. The monoisotopic (exact) mass is 217 g/mol. The van der Waals surface area contributed by atoms with Gasteiger partial charge in [-0.15, -0.1) is 0 Å². The van der Waals surface area contributed by atoms with E-state index in [-0.39, 0.29) is 11.5 Å². The van der Waals surface area contributed by atoms with Gasteiger partial charge in [0.2, 0.25) is 0 Å². The molecule has 0 saturated carbocycles. The molecule has 0 spiro atoms. The van der Waals surface area contributed by atoms with Gasteiger partial charge < -0.3 is 15.2 Å². The molecule has 0 radical (unpaired) electrons. The van der Waals surface area contributed by atoms with Gasteiger partial charge in [0.05, 0.1) is 12.7 Å². The SMILES string of the molecule is CCOCC(C)NCC(C)(CC)C(C)O. The average molecular weight is 217 g/mol. The number of hydrogen-bond acceptors (Lipinski definition) is 3. The number of aliphatic hydroxyl groups excluding tert-OH is 1. The Bertz CT molecular complexity index is 162. The number of hydrogen-bond donors (Lipinski definition) is 2. The molecule has 0 saturated heterocycles. The van der Waals surface area contributed by atoms with E-state index in [1.165, 1.54) is 0 Å². The van der Waals surface area contributed by atoms with Crippen molar-refractivity contribution in [3.05, 3.63) is 0 Å². The zero-order chi connectivity index (χ0) is 11.9. The minimum absolute atomic E-state index is 0.0412. The minimum Gasteiger partial charge on any atom is -0.393 e. The molecule has 15 heavy (non-hydrogen) atoms. The van der Waals surface area contributed by atoms with E-state index in [9.17, 15) is 5.11 Å². The van der Waals surface area contributed by atoms with Gasteiger partial charge in [0, 0.05) is 24.6 Å². The molecule has 2 N–H and O–H groups in total. The molecule has 0 amide bonds. The third kappa shape index (κ3) is 5.50. The van der Waals surface area contributed by atoms with Crippen LogP contribution in [0.2, 0.25) is 0 Å². The molecule has 0 aliphatic heterocycles. The second-order valence-corrected chi connectivity index (χ2v) is 4.62. The van der Waals surface area contributed by atoms with Gasteiger partial charge in [-0.05, 0) is 27.2 Å². The van der Waals surface area contributed by atoms with Gasteiger partial charge in [-0.2, -0.15) is 0 Å². The van der Waals surface area contributed by atoms with Crippen LogP contribution >= 0.6 is 0 Å². The first-order chi connectivity index (χ1) is 6.96. The molecular formula is C12H27NO2. The van der Waals surface area contributed by atoms with Crippen LogP contribution in [0.1, 0.15) is 41.0 Å². The number of ether oxygens (including phenoxy) is 1. The molecule has 0 bridgehead atoms. The molecule has 3 unspecified atom stereocenters. The van der Waals surface area contributed by atoms with Crippen molar-refractivity contribution in [3.8, 4) is 0 Å². The van der Waals surface area contributed by atoms with E-state index in [2.05, 4.69) is 26.1 Å². The Balaban J connectivity index is 3.89. The molecule has 0 aromatic rings. The van der Waals surface area contributed by atoms with E-state index in [1.807, 2.05) is 13.8 Å². The Morgan fingerprint density at radius 2 is 1.93 bits per heavy atom. The third-order valence-electron chi connectivity index (χ3n) is 3.24. The van der Waals surface area contributed by atoms with Crippen molar-refractivity contribution < 1.29 is 9.84 Å². The second-order valence-electron chi connectivity index (χ2n) is 4.62. The van der Waals surface area contributed by atoms with Crippen molar-refractivity contribution >= 4 is 0 Å². The summed E-state index contributed by atoms with van der Waals surface area (Å²) in [6.45, 7) is 12.5. The molecule has 0 rings (SSSR count). The molecule has 0 aliphatic carbocycles. The van der Waals surface area contributed by atoms with Crippen LogP contribution in [-0.2, 0) is 4.74 Å². The molecule has 0 aromatic heterocycles. The fraction of sp³-hybridized carbons (Fsp3) is 1.00. The van der Waals surface area contributed by atoms with Crippen molar-refractivity contribution in [3.63, 3.8) is 0 Å². The van der Waals surface area contributed by atoms with E-state index < -0.39 is 0 Å². The van der Waals surface area contributed by atoms with Crippen LogP contribution in [-0.4, -0.2) is 37.0 Å². The summed E-state index contributed by atoms with van der Waals surface area (Å²) in [7, 11) is 0. The van der Waals surface area contributed by atoms with Crippen molar-refractivity contribution in [1.29, 1.82) is 0 Å². The maximum absolute atomic E-state index is 9.69. The molecular weight excluding hydrogens is 190 g/mol. The molecule has 3 nitrogen and oxygen atoms in total. The molecule has 0 aliphatic rings. The van der Waals surface area contributed by atoms with Crippen LogP contribution in [0.15, 0.2) is 0 Å². The van der Waals surface area contributed by atoms with Crippen molar-refractivity contribution in [1.82, 2.24) is 5.32 Å². The number of nitrogens with one attached hydrogen (secondary N) is 1. The molecule has 0 fully saturated rings. The topological polar surface area (TPSA) is 41.5 Å². The Morgan fingerprint density at radius 3 is 2.33 bits per heavy atom. The van der Waals surface area contributed by atoms with E-state index in [1.54, 1.807) is 0 Å². The minimum atomic E-state index is -0.283. The highest BCUT2D eigenvalue weighted by Gasteiger charge is 2.27. The van der Waals surface area contributed by atoms with Crippen LogP contribution < -0.4 is 5.32 Å². The van der Waals surface area contributed by atoms with Crippen molar-refractivity contribution in [2.75, 3.05) is 19.8 Å². The normalized spacial score (nSPS) is 19.6. The Labute approximate surface area is 94.2 Å². The Hall–Kier alpha value is -0.120. The Kier molecular flexibility index (Phi) is 7.14. The quantitative estimate of drug-likeness (QED) is 0.651. The van der Waals surface area contributed by atoms with Gasteiger partial charge >= 0.3 is 0 Å². The number of rotatable bonds is 8. The molecule has 0 aromatic carbocycles. The highest BCUT2D eigenvalue weighted by molar-refractivity contribution is 4.81. The smallest absolute Gasteiger partial charge is 0.0616 e. The lowest BCUT2D eigenvalue weighted by Crippen LogP contribution is -2.43. The van der Waals surface area contributed by atoms with Gasteiger partial charge in [-0.3, -0.25) is 0 Å². The molecule has 0 heterocycles. The largest absolute Gasteiger partial charge is 0.393 e. The summed E-state index contributed by atoms with van der Waals surface area (Å²) in [6, 6.07) is 0.342. The van der Waals surface area contributed by atoms with Gasteiger partial charge in [-0.25, -0.2) is 0 Å². The number of aliphatic hydroxyl groups is 1. The van der Waals surface area contributed by atoms with E-state index in [0.29, 0.717) is 6.04 Å². The van der Waals surface area contributed by atoms with Crippen molar-refractivity contribution in [2.45, 2.75) is 53.2 Å². The maximum atomic E-state index is 9.69. The van der Waals surface area contributed by atoms with Gasteiger partial charge in [0.25, 0.3) is 0 Å². The zero-order valence-electron chi connectivity index (χ0n) is 10.8. The maximum Gasteiger partial charge on any atom is 0.0616 e. The standard InChI is InChI=1S/C12H27NO2/c1-6-12(5,11(4)14)9-13-10(3)8-15-7-2/h10-11,13-14H,6-9H2,1-5H3. The van der Waals surface area contributed by atoms with E-state index in [4.69, 9.17) is 4.74 Å². The lowest BCUT2D eigenvalue weighted by molar-refractivity contribution is 0.0428. The Morgan fingerprint density at radius 1 is 1.33 bits per heavy atom. The lowest BCUT2D eigenvalue weighted by atomic mass is 9.82. The molecule has 92 valence electrons. The highest BCUT2D eigenvalue weighted by Crippen LogP contribution is 2.24. The summed E-state index contributed by atoms with van der Waals surface area (Å²) in [6.07, 6.45) is 0.688. The zero-order valence-corrected chi connectivity index (χ0v) is 10.8. The van der Waals surface area contributed by atoms with Crippen molar-refractivity contribution in [2.24, 2.45) is 5.41 Å². The summed E-state index contributed by atoms with van der Waals surface area (Å²) in [5.41, 5.74) is -0.0412. The van der Waals surface area contributed by atoms with Crippen LogP contribution in [0.5, 0.6) is 0 Å². The molecule has 3 heteroatoms. The molecule has 3 atom stereocenters. The third-order valence-corrected chi connectivity index (χ3v) is 3.24. The summed E-state index contributed by atoms with van der Waals surface area (Å²) in [4.78, 5) is 0. The summed E-state index contributed by atoms with van der Waals surface area (Å²) >= 11 is 0. The predicted octanol–water partition coefficient (Wildman–Crippen LogP) is 1.80. The first kappa shape index (κ1) is 14.9. The van der Waals surface area contributed by atoms with Crippen LogP contribution in [0.25, 0.3) is 0 Å². The highest BCUT2D eigenvalue weighted by atomic mass is 16.5. The summed E-state index contributed by atoms with van der Waals surface area (Å²) < 4.78 is 5.33. The van der Waals surface area contributed by atoms with E-state index >= 15 is 0 Å². The van der Waals surface area contributed by atoms with Gasteiger partial charge in [0.15, 0.2) is 0 Å². The van der Waals surface area contributed by atoms with Crippen LogP contribution in [0.3, 0.4) is 0 Å². The average Bonchev–Trinajstić information content (AvgIpc) is 2.22. The van der Waals surface area contributed by atoms with Crippen LogP contribution in [0.4, 0.5) is 0 Å². The van der Waals surface area contributed by atoms with Gasteiger partial charge in [0.1, 0.15) is 0 Å². The summed E-state index contributed by atoms with van der Waals surface area (Å²) in [5.74, 6) is 0. The van der Waals surface area contributed by atoms with E-state index in [0.717, 1.165) is 26.2 Å². The summed E-state index contributed by atoms with van der Waals surface area (Å²) in [5, 5.41) is 13.1. The first-order valence-corrected chi connectivity index (χ1v) is 5.95. The van der Waals surface area contributed by atoms with Crippen LogP contribution in [0, 0.1) is 5.41 Å². The fourth-order valence-corrected chi connectivity index (χ4v) is 1.33. The lowest BCUT2D eigenvalue weighted by Gasteiger charge is -2.33. The van der Waals surface area contributed by atoms with Gasteiger partial charge in [-0.1, -0.05) is 13.8 Å². The fourth-order valence-electron chi connectivity index (χ4n) is 1.33. The first-order valence-electron chi connectivity index (χ1n) is 5.95.